The Bertz CT molecular complexity index is 1110. The molecule has 0 aliphatic heterocycles. The predicted octanol–water partition coefficient (Wildman–Crippen LogP) is 4.38. The summed E-state index contributed by atoms with van der Waals surface area (Å²) < 4.78 is 10.9. The topological polar surface area (TPSA) is 115 Å². The molecule has 9 nitrogen and oxygen atoms in total. The van der Waals surface area contributed by atoms with Crippen LogP contribution in [0.1, 0.15) is 11.1 Å². The second kappa shape index (κ2) is 10.6. The van der Waals surface area contributed by atoms with Gasteiger partial charge in [-0.3, -0.25) is 20.3 Å². The van der Waals surface area contributed by atoms with Gasteiger partial charge in [-0.25, -0.2) is 0 Å². The Labute approximate surface area is 184 Å². The van der Waals surface area contributed by atoms with Gasteiger partial charge in [-0.1, -0.05) is 17.7 Å². The van der Waals surface area contributed by atoms with E-state index in [4.69, 9.17) is 9.47 Å². The number of ether oxygens (including phenoxy) is 2. The summed E-state index contributed by atoms with van der Waals surface area (Å²) in [5, 5.41) is 17.6. The molecule has 3 aromatic carbocycles. The SMILES string of the molecule is COc1cc(C=NNc2ccc([N+](=O)[O-])cc2)ccc1OCC(=O)Nc1ccc(C)cc1. The molecule has 0 aromatic heterocycles. The molecular formula is C23H22N4O5. The Morgan fingerprint density at radius 3 is 2.38 bits per heavy atom. The van der Waals surface area contributed by atoms with Crippen LogP contribution in [0.3, 0.4) is 0 Å². The molecule has 0 aliphatic carbocycles. The summed E-state index contributed by atoms with van der Waals surface area (Å²) in [5.74, 6) is 0.591. The molecular weight excluding hydrogens is 412 g/mol. The first-order valence-corrected chi connectivity index (χ1v) is 9.65. The van der Waals surface area contributed by atoms with Gasteiger partial charge < -0.3 is 14.8 Å². The second-order valence-electron chi connectivity index (χ2n) is 6.79. The zero-order valence-electron chi connectivity index (χ0n) is 17.6. The van der Waals surface area contributed by atoms with E-state index in [1.54, 1.807) is 36.5 Å². The highest BCUT2D eigenvalue weighted by molar-refractivity contribution is 5.92. The van der Waals surface area contributed by atoms with E-state index in [1.807, 2.05) is 31.2 Å². The maximum atomic E-state index is 12.1. The van der Waals surface area contributed by atoms with Crippen molar-refractivity contribution in [3.8, 4) is 11.5 Å². The fraction of sp³-hybridized carbons (Fsp3) is 0.130. The highest BCUT2D eigenvalue weighted by Gasteiger charge is 2.09. The number of nitrogens with zero attached hydrogens (tertiary/aromatic N) is 2. The van der Waals surface area contributed by atoms with Gasteiger partial charge in [0, 0.05) is 17.8 Å². The van der Waals surface area contributed by atoms with E-state index >= 15 is 0 Å². The highest BCUT2D eigenvalue weighted by Crippen LogP contribution is 2.27. The van der Waals surface area contributed by atoms with E-state index in [1.165, 1.54) is 19.2 Å². The van der Waals surface area contributed by atoms with E-state index in [9.17, 15) is 14.9 Å². The lowest BCUT2D eigenvalue weighted by Gasteiger charge is -2.11. The molecule has 0 saturated carbocycles. The summed E-state index contributed by atoms with van der Waals surface area (Å²) in [4.78, 5) is 22.4. The largest absolute Gasteiger partial charge is 0.493 e. The smallest absolute Gasteiger partial charge is 0.269 e. The number of benzene rings is 3. The number of hydrazone groups is 1. The lowest BCUT2D eigenvalue weighted by Crippen LogP contribution is -2.20. The Morgan fingerprint density at radius 1 is 1.03 bits per heavy atom. The van der Waals surface area contributed by atoms with E-state index in [2.05, 4.69) is 15.8 Å². The van der Waals surface area contributed by atoms with Crippen molar-refractivity contribution >= 4 is 29.2 Å². The predicted molar refractivity (Wildman–Crippen MR) is 123 cm³/mol. The number of hydrogen-bond acceptors (Lipinski definition) is 7. The van der Waals surface area contributed by atoms with Crippen molar-refractivity contribution in [1.29, 1.82) is 0 Å². The summed E-state index contributed by atoms with van der Waals surface area (Å²) >= 11 is 0. The lowest BCUT2D eigenvalue weighted by molar-refractivity contribution is -0.384. The molecule has 0 fully saturated rings. The molecule has 0 spiro atoms. The van der Waals surface area contributed by atoms with Crippen LogP contribution < -0.4 is 20.2 Å². The molecule has 164 valence electrons. The quantitative estimate of drug-likeness (QED) is 0.293. The van der Waals surface area contributed by atoms with Crippen LogP contribution in [0, 0.1) is 17.0 Å². The molecule has 0 heterocycles. The van der Waals surface area contributed by atoms with Gasteiger partial charge in [-0.05, 0) is 55.0 Å². The number of hydrogen-bond donors (Lipinski definition) is 2. The number of carbonyl (C=O) groups excluding carboxylic acids is 1. The molecule has 1 amide bonds. The number of rotatable bonds is 9. The van der Waals surface area contributed by atoms with Gasteiger partial charge in [-0.15, -0.1) is 0 Å². The Kier molecular flexibility index (Phi) is 7.37. The number of methoxy groups -OCH3 is 1. The number of carbonyl (C=O) groups is 1. The van der Waals surface area contributed by atoms with Crippen LogP contribution >= 0.6 is 0 Å². The normalized spacial score (nSPS) is 10.6. The second-order valence-corrected chi connectivity index (χ2v) is 6.79. The zero-order valence-corrected chi connectivity index (χ0v) is 17.6. The Morgan fingerprint density at radius 2 is 1.72 bits per heavy atom. The number of nitrogens with one attached hydrogen (secondary N) is 2. The number of anilines is 2. The first-order chi connectivity index (χ1) is 15.4. The van der Waals surface area contributed by atoms with Gasteiger partial charge in [0.15, 0.2) is 18.1 Å². The molecule has 0 unspecified atom stereocenters. The van der Waals surface area contributed by atoms with Crippen LogP contribution in [-0.2, 0) is 4.79 Å². The monoisotopic (exact) mass is 434 g/mol. The maximum Gasteiger partial charge on any atom is 0.269 e. The third kappa shape index (κ3) is 6.30. The minimum atomic E-state index is -0.463. The summed E-state index contributed by atoms with van der Waals surface area (Å²) in [7, 11) is 1.50. The zero-order chi connectivity index (χ0) is 22.9. The summed E-state index contributed by atoms with van der Waals surface area (Å²) in [6.45, 7) is 1.81. The van der Waals surface area contributed by atoms with Gasteiger partial charge in [0.2, 0.25) is 0 Å². The summed E-state index contributed by atoms with van der Waals surface area (Å²) in [6.07, 6.45) is 1.57. The molecule has 0 atom stereocenters. The maximum absolute atomic E-state index is 12.1. The third-order valence-corrected chi connectivity index (χ3v) is 4.37. The lowest BCUT2D eigenvalue weighted by atomic mass is 10.2. The van der Waals surface area contributed by atoms with Crippen LogP contribution in [0.15, 0.2) is 71.8 Å². The Hall–Kier alpha value is -4.40. The van der Waals surface area contributed by atoms with Gasteiger partial charge in [0.25, 0.3) is 11.6 Å². The number of nitro groups is 1. The molecule has 3 aromatic rings. The molecule has 3 rings (SSSR count). The van der Waals surface area contributed by atoms with Gasteiger partial charge in [-0.2, -0.15) is 5.10 Å². The van der Waals surface area contributed by atoms with Crippen LogP contribution in [0.25, 0.3) is 0 Å². The molecule has 0 saturated heterocycles. The highest BCUT2D eigenvalue weighted by atomic mass is 16.6. The van der Waals surface area contributed by atoms with Crippen LogP contribution in [-0.4, -0.2) is 30.8 Å². The molecule has 0 radical (unpaired) electrons. The molecule has 2 N–H and O–H groups in total. The number of nitro benzene ring substituents is 1. The van der Waals surface area contributed by atoms with Crippen molar-refractivity contribution in [1.82, 2.24) is 0 Å². The van der Waals surface area contributed by atoms with Crippen molar-refractivity contribution in [2.24, 2.45) is 5.10 Å². The minimum absolute atomic E-state index is 0.00685. The third-order valence-electron chi connectivity index (χ3n) is 4.37. The van der Waals surface area contributed by atoms with Gasteiger partial charge >= 0.3 is 0 Å². The van der Waals surface area contributed by atoms with Gasteiger partial charge in [0.05, 0.1) is 23.9 Å². The van der Waals surface area contributed by atoms with Crippen molar-refractivity contribution in [2.75, 3.05) is 24.5 Å². The molecule has 0 aliphatic rings. The van der Waals surface area contributed by atoms with E-state index in [0.717, 1.165) is 11.1 Å². The number of non-ortho nitro benzene ring substituents is 1. The summed E-state index contributed by atoms with van der Waals surface area (Å²) in [5.41, 5.74) is 5.95. The average Bonchev–Trinajstić information content (AvgIpc) is 2.80. The van der Waals surface area contributed by atoms with Crippen molar-refractivity contribution < 1.29 is 19.2 Å². The van der Waals surface area contributed by atoms with Crippen molar-refractivity contribution in [2.45, 2.75) is 6.92 Å². The fourth-order valence-electron chi connectivity index (χ4n) is 2.70. The Balaban J connectivity index is 1.56. The fourth-order valence-corrected chi connectivity index (χ4v) is 2.70. The molecule has 0 bridgehead atoms. The van der Waals surface area contributed by atoms with E-state index < -0.39 is 4.92 Å². The number of aryl methyl sites for hydroxylation is 1. The van der Waals surface area contributed by atoms with E-state index in [0.29, 0.717) is 22.9 Å². The van der Waals surface area contributed by atoms with Crippen LogP contribution in [0.5, 0.6) is 11.5 Å². The van der Waals surface area contributed by atoms with Crippen molar-refractivity contribution in [3.05, 3.63) is 88.0 Å². The first-order valence-electron chi connectivity index (χ1n) is 9.65. The van der Waals surface area contributed by atoms with Crippen molar-refractivity contribution in [3.63, 3.8) is 0 Å². The number of amides is 1. The minimum Gasteiger partial charge on any atom is -0.493 e. The standard InChI is InChI=1S/C23H22N4O5/c1-16-3-6-18(7-4-16)25-23(28)15-32-21-12-5-17(13-22(21)31-2)14-24-26-19-8-10-20(11-9-19)27(29)30/h3-14,26H,15H2,1-2H3,(H,25,28). The molecule has 32 heavy (non-hydrogen) atoms. The van der Waals surface area contributed by atoms with Crippen LogP contribution in [0.4, 0.5) is 17.1 Å². The average molecular weight is 434 g/mol. The van der Waals surface area contributed by atoms with E-state index in [-0.39, 0.29) is 18.2 Å². The summed E-state index contributed by atoms with van der Waals surface area (Å²) in [6, 6.07) is 18.6. The van der Waals surface area contributed by atoms with Gasteiger partial charge in [0.1, 0.15) is 0 Å². The van der Waals surface area contributed by atoms with Crippen LogP contribution in [0.2, 0.25) is 0 Å². The first kappa shape index (κ1) is 22.3. The molecule has 9 heteroatoms.